The van der Waals surface area contributed by atoms with Gasteiger partial charge >= 0.3 is 0 Å². The molecule has 0 N–H and O–H groups in total. The molecule has 0 unspecified atom stereocenters. The van der Waals surface area contributed by atoms with Crippen LogP contribution in [0.4, 0.5) is 0 Å². The molecule has 0 bridgehead atoms. The molecule has 4 aromatic rings. The summed E-state index contributed by atoms with van der Waals surface area (Å²) in [6.45, 7) is 19.5. The standard InChI is InChI=1S/C26H34N4O/c1-9-31-11-10-29-22(15(2)3)14-21-19(7)27-25-24(20(8)28-30(25)26(21)29)23-17(5)12-16(4)13-18(23)6/h12-15H,9-11H2,1-8H3. The van der Waals surface area contributed by atoms with E-state index in [4.69, 9.17) is 14.8 Å². The first kappa shape index (κ1) is 21.6. The molecular weight excluding hydrogens is 384 g/mol. The Kier molecular flexibility index (Phi) is 5.65. The number of aromatic nitrogens is 4. The predicted molar refractivity (Wildman–Crippen MR) is 128 cm³/mol. The summed E-state index contributed by atoms with van der Waals surface area (Å²) < 4.78 is 10.1. The zero-order chi connectivity index (χ0) is 22.4. The van der Waals surface area contributed by atoms with Gasteiger partial charge in [0.2, 0.25) is 0 Å². The minimum absolute atomic E-state index is 0.404. The van der Waals surface area contributed by atoms with Gasteiger partial charge in [0.25, 0.3) is 0 Å². The van der Waals surface area contributed by atoms with Crippen molar-refractivity contribution in [2.24, 2.45) is 0 Å². The highest BCUT2D eigenvalue weighted by Gasteiger charge is 2.23. The third kappa shape index (κ3) is 3.55. The Morgan fingerprint density at radius 1 is 0.935 bits per heavy atom. The maximum absolute atomic E-state index is 5.71. The summed E-state index contributed by atoms with van der Waals surface area (Å²) in [6.07, 6.45) is 0. The van der Waals surface area contributed by atoms with E-state index < -0.39 is 0 Å². The van der Waals surface area contributed by atoms with Crippen molar-refractivity contribution in [1.82, 2.24) is 19.2 Å². The van der Waals surface area contributed by atoms with Crippen molar-refractivity contribution < 1.29 is 4.74 Å². The average Bonchev–Trinajstić information content (AvgIpc) is 3.21. The summed E-state index contributed by atoms with van der Waals surface area (Å²) in [4.78, 5) is 5.07. The third-order valence-electron chi connectivity index (χ3n) is 6.18. The molecule has 0 saturated heterocycles. The maximum Gasteiger partial charge on any atom is 0.165 e. The second kappa shape index (κ2) is 8.12. The number of benzene rings is 1. The lowest BCUT2D eigenvalue weighted by atomic mass is 9.94. The molecule has 1 aromatic carbocycles. The fourth-order valence-electron chi connectivity index (χ4n) is 4.92. The molecule has 0 saturated carbocycles. The summed E-state index contributed by atoms with van der Waals surface area (Å²) >= 11 is 0. The zero-order valence-electron chi connectivity index (χ0n) is 20.1. The van der Waals surface area contributed by atoms with Gasteiger partial charge in [-0.2, -0.15) is 9.61 Å². The van der Waals surface area contributed by atoms with Crippen LogP contribution in [0.1, 0.15) is 60.5 Å². The van der Waals surface area contributed by atoms with Crippen LogP contribution in [-0.4, -0.2) is 32.4 Å². The van der Waals surface area contributed by atoms with Gasteiger partial charge in [-0.3, -0.25) is 0 Å². The van der Waals surface area contributed by atoms with Crippen molar-refractivity contribution in [1.29, 1.82) is 0 Å². The van der Waals surface area contributed by atoms with Crippen LogP contribution in [0.5, 0.6) is 0 Å². The van der Waals surface area contributed by atoms with E-state index in [1.165, 1.54) is 33.3 Å². The third-order valence-corrected chi connectivity index (χ3v) is 6.18. The lowest BCUT2D eigenvalue weighted by Gasteiger charge is -2.14. The minimum atomic E-state index is 0.404. The van der Waals surface area contributed by atoms with Crippen molar-refractivity contribution in [2.45, 2.75) is 67.9 Å². The first-order valence-electron chi connectivity index (χ1n) is 11.3. The van der Waals surface area contributed by atoms with Crippen LogP contribution >= 0.6 is 0 Å². The molecule has 0 aliphatic heterocycles. The van der Waals surface area contributed by atoms with Gasteiger partial charge in [0, 0.05) is 24.2 Å². The van der Waals surface area contributed by atoms with E-state index in [9.17, 15) is 0 Å². The molecular formula is C26H34N4O. The van der Waals surface area contributed by atoms with E-state index in [2.05, 4.69) is 75.7 Å². The second-order valence-electron chi connectivity index (χ2n) is 8.98. The summed E-state index contributed by atoms with van der Waals surface area (Å²) in [5.41, 5.74) is 11.6. The van der Waals surface area contributed by atoms with Gasteiger partial charge in [-0.1, -0.05) is 31.5 Å². The largest absolute Gasteiger partial charge is 0.380 e. The van der Waals surface area contributed by atoms with Crippen LogP contribution in [0.25, 0.3) is 27.8 Å². The molecule has 0 amide bonds. The molecule has 31 heavy (non-hydrogen) atoms. The summed E-state index contributed by atoms with van der Waals surface area (Å²) in [5, 5.41) is 6.18. The first-order chi connectivity index (χ1) is 14.7. The van der Waals surface area contributed by atoms with E-state index in [1.807, 2.05) is 6.92 Å². The van der Waals surface area contributed by atoms with Crippen LogP contribution in [0.2, 0.25) is 0 Å². The smallest absolute Gasteiger partial charge is 0.165 e. The Balaban J connectivity index is 2.07. The Morgan fingerprint density at radius 2 is 1.61 bits per heavy atom. The Labute approximate surface area is 185 Å². The highest BCUT2D eigenvalue weighted by molar-refractivity contribution is 5.90. The van der Waals surface area contributed by atoms with Gasteiger partial charge in [-0.05, 0) is 70.2 Å². The number of aryl methyl sites for hydroxylation is 5. The first-order valence-corrected chi connectivity index (χ1v) is 11.3. The molecule has 5 heteroatoms. The molecule has 0 aliphatic rings. The fraction of sp³-hybridized carbons (Fsp3) is 0.462. The van der Waals surface area contributed by atoms with E-state index in [0.29, 0.717) is 12.5 Å². The number of nitrogens with zero attached hydrogens (tertiary/aromatic N) is 4. The number of fused-ring (bicyclic) bond motifs is 3. The summed E-state index contributed by atoms with van der Waals surface area (Å²) in [6, 6.07) is 6.78. The lowest BCUT2D eigenvalue weighted by molar-refractivity contribution is 0.139. The fourth-order valence-corrected chi connectivity index (χ4v) is 4.92. The topological polar surface area (TPSA) is 44.3 Å². The Bertz CT molecular complexity index is 1250. The Morgan fingerprint density at radius 3 is 2.23 bits per heavy atom. The highest BCUT2D eigenvalue weighted by atomic mass is 16.5. The monoisotopic (exact) mass is 418 g/mol. The molecule has 0 atom stereocenters. The molecule has 164 valence electrons. The van der Waals surface area contributed by atoms with Gasteiger partial charge < -0.3 is 9.30 Å². The predicted octanol–water partition coefficient (Wildman–Crippen LogP) is 6.05. The van der Waals surface area contributed by atoms with E-state index in [1.54, 1.807) is 0 Å². The number of rotatable bonds is 6. The highest BCUT2D eigenvalue weighted by Crippen LogP contribution is 2.36. The minimum Gasteiger partial charge on any atom is -0.380 e. The van der Waals surface area contributed by atoms with Gasteiger partial charge in [0.1, 0.15) is 5.65 Å². The van der Waals surface area contributed by atoms with E-state index in [0.717, 1.165) is 41.4 Å². The van der Waals surface area contributed by atoms with Crippen molar-refractivity contribution in [2.75, 3.05) is 13.2 Å². The van der Waals surface area contributed by atoms with E-state index >= 15 is 0 Å². The second-order valence-corrected chi connectivity index (χ2v) is 8.98. The van der Waals surface area contributed by atoms with Crippen molar-refractivity contribution >= 4 is 16.7 Å². The molecule has 4 rings (SSSR count). The van der Waals surface area contributed by atoms with Crippen LogP contribution in [-0.2, 0) is 11.3 Å². The SMILES string of the molecule is CCOCCn1c(C(C)C)cc2c(C)nc3c(-c4c(C)cc(C)cc4C)c(C)nn3c21. The van der Waals surface area contributed by atoms with Gasteiger partial charge in [0.05, 0.1) is 23.6 Å². The molecule has 0 aliphatic carbocycles. The van der Waals surface area contributed by atoms with Crippen molar-refractivity contribution in [3.63, 3.8) is 0 Å². The van der Waals surface area contributed by atoms with Crippen LogP contribution in [0, 0.1) is 34.6 Å². The molecule has 3 heterocycles. The summed E-state index contributed by atoms with van der Waals surface area (Å²) in [5.74, 6) is 0.404. The van der Waals surface area contributed by atoms with Crippen LogP contribution in [0.15, 0.2) is 18.2 Å². The van der Waals surface area contributed by atoms with Crippen LogP contribution < -0.4 is 0 Å². The molecule has 3 aromatic heterocycles. The number of ether oxygens (including phenoxy) is 1. The van der Waals surface area contributed by atoms with Gasteiger partial charge in [-0.25, -0.2) is 4.98 Å². The normalized spacial score (nSPS) is 12.0. The number of hydrogen-bond donors (Lipinski definition) is 0. The van der Waals surface area contributed by atoms with Crippen molar-refractivity contribution in [3.05, 3.63) is 52.0 Å². The molecule has 0 spiro atoms. The quantitative estimate of drug-likeness (QED) is 0.358. The molecule has 5 nitrogen and oxygen atoms in total. The lowest BCUT2D eigenvalue weighted by Crippen LogP contribution is -2.12. The van der Waals surface area contributed by atoms with Gasteiger partial charge in [0.15, 0.2) is 5.65 Å². The summed E-state index contributed by atoms with van der Waals surface area (Å²) in [7, 11) is 0. The Hall–Kier alpha value is -2.66. The molecule has 0 radical (unpaired) electrons. The maximum atomic E-state index is 5.71. The number of hydrogen-bond acceptors (Lipinski definition) is 3. The van der Waals surface area contributed by atoms with E-state index in [-0.39, 0.29) is 0 Å². The average molecular weight is 419 g/mol. The van der Waals surface area contributed by atoms with Crippen LogP contribution in [0.3, 0.4) is 0 Å². The molecule has 0 fully saturated rings. The zero-order valence-corrected chi connectivity index (χ0v) is 20.1. The van der Waals surface area contributed by atoms with Gasteiger partial charge in [-0.15, -0.1) is 0 Å². The van der Waals surface area contributed by atoms with Crippen molar-refractivity contribution in [3.8, 4) is 11.1 Å².